The molecule has 1 aliphatic heterocycles. The highest BCUT2D eigenvalue weighted by Gasteiger charge is 2.24. The molecule has 0 aromatic heterocycles. The van der Waals surface area contributed by atoms with Gasteiger partial charge in [-0.3, -0.25) is 4.79 Å². The second-order valence-corrected chi connectivity index (χ2v) is 4.15. The number of carbonyl (C=O) groups is 1. The van der Waals surface area contributed by atoms with Crippen molar-refractivity contribution in [2.75, 3.05) is 5.32 Å². The molecule has 0 aliphatic carbocycles. The Morgan fingerprint density at radius 2 is 2.07 bits per heavy atom. The topological polar surface area (TPSA) is 29.1 Å². The van der Waals surface area contributed by atoms with Crippen LogP contribution in [-0.4, -0.2) is 10.8 Å². The molecule has 0 atom stereocenters. The smallest absolute Gasteiger partial charge is 0.222 e. The molecule has 0 saturated heterocycles. The van der Waals surface area contributed by atoms with Gasteiger partial charge in [0.05, 0.1) is 5.69 Å². The molecule has 1 aliphatic rings. The Morgan fingerprint density at radius 1 is 1.36 bits per heavy atom. The van der Waals surface area contributed by atoms with Crippen LogP contribution >= 0.6 is 12.2 Å². The predicted octanol–water partition coefficient (Wildman–Crippen LogP) is 2.75. The van der Waals surface area contributed by atoms with Crippen molar-refractivity contribution < 1.29 is 4.79 Å². The third-order valence-corrected chi connectivity index (χ3v) is 2.70. The zero-order valence-corrected chi connectivity index (χ0v) is 8.94. The van der Waals surface area contributed by atoms with Gasteiger partial charge < -0.3 is 5.32 Å². The largest absolute Gasteiger partial charge is 0.343 e. The first-order valence-electron chi connectivity index (χ1n) is 4.59. The highest BCUT2D eigenvalue weighted by molar-refractivity contribution is 7.82. The van der Waals surface area contributed by atoms with Crippen LogP contribution in [0.4, 0.5) is 5.69 Å². The Bertz CT molecular complexity index is 423. The van der Waals surface area contributed by atoms with Gasteiger partial charge in [0, 0.05) is 5.56 Å². The number of nitrogens with one attached hydrogen (secondary N) is 1. The first kappa shape index (κ1) is 9.34. The molecular formula is C11H11NOS. The van der Waals surface area contributed by atoms with Crippen LogP contribution in [0, 0.1) is 0 Å². The van der Waals surface area contributed by atoms with Gasteiger partial charge in [-0.1, -0.05) is 32.1 Å². The molecule has 0 radical (unpaired) electrons. The number of hydrogen-bond acceptors (Lipinski definition) is 2. The van der Waals surface area contributed by atoms with Crippen LogP contribution in [0.3, 0.4) is 0 Å². The van der Waals surface area contributed by atoms with Gasteiger partial charge >= 0.3 is 0 Å². The van der Waals surface area contributed by atoms with Crippen molar-refractivity contribution in [3.05, 3.63) is 29.3 Å². The van der Waals surface area contributed by atoms with Crippen molar-refractivity contribution in [2.24, 2.45) is 0 Å². The predicted molar refractivity (Wildman–Crippen MR) is 61.1 cm³/mol. The monoisotopic (exact) mass is 205 g/mol. The van der Waals surface area contributed by atoms with E-state index in [4.69, 9.17) is 12.2 Å². The maximum Gasteiger partial charge on any atom is 0.222 e. The summed E-state index contributed by atoms with van der Waals surface area (Å²) in [6.45, 7) is 4.24. The number of anilines is 1. The number of fused-ring (bicyclic) bond motifs is 1. The van der Waals surface area contributed by atoms with E-state index >= 15 is 0 Å². The van der Waals surface area contributed by atoms with Gasteiger partial charge in [0.15, 0.2) is 4.99 Å². The van der Waals surface area contributed by atoms with E-state index in [1.54, 1.807) is 0 Å². The Morgan fingerprint density at radius 3 is 2.71 bits per heavy atom. The molecule has 1 aromatic carbocycles. The first-order valence-corrected chi connectivity index (χ1v) is 5.00. The van der Waals surface area contributed by atoms with E-state index in [9.17, 15) is 4.79 Å². The molecule has 0 bridgehead atoms. The maximum absolute atomic E-state index is 11.5. The van der Waals surface area contributed by atoms with E-state index in [1.165, 1.54) is 5.56 Å². The van der Waals surface area contributed by atoms with Crippen LogP contribution in [0.2, 0.25) is 0 Å². The molecule has 2 rings (SSSR count). The molecular weight excluding hydrogens is 194 g/mol. The van der Waals surface area contributed by atoms with E-state index in [1.807, 2.05) is 18.2 Å². The number of hydrogen-bond donors (Lipinski definition) is 1. The molecule has 1 heterocycles. The minimum atomic E-state index is -0.0645. The van der Waals surface area contributed by atoms with Crippen LogP contribution in [0.15, 0.2) is 18.2 Å². The number of rotatable bonds is 1. The van der Waals surface area contributed by atoms with E-state index in [2.05, 4.69) is 19.2 Å². The van der Waals surface area contributed by atoms with E-state index < -0.39 is 0 Å². The fourth-order valence-electron chi connectivity index (χ4n) is 1.52. The van der Waals surface area contributed by atoms with Gasteiger partial charge in [0.2, 0.25) is 5.78 Å². The average molecular weight is 205 g/mol. The van der Waals surface area contributed by atoms with Crippen molar-refractivity contribution in [1.82, 2.24) is 0 Å². The molecule has 14 heavy (non-hydrogen) atoms. The molecule has 72 valence electrons. The summed E-state index contributed by atoms with van der Waals surface area (Å²) in [6, 6.07) is 5.83. The number of carbonyl (C=O) groups excluding carboxylic acids is 1. The van der Waals surface area contributed by atoms with Crippen LogP contribution in [0.1, 0.15) is 35.7 Å². The summed E-state index contributed by atoms with van der Waals surface area (Å²) in [5.41, 5.74) is 2.76. The van der Waals surface area contributed by atoms with Crippen molar-refractivity contribution in [3.63, 3.8) is 0 Å². The molecule has 0 spiro atoms. The summed E-state index contributed by atoms with van der Waals surface area (Å²) >= 11 is 4.90. The summed E-state index contributed by atoms with van der Waals surface area (Å²) in [5, 5.41) is 2.92. The maximum atomic E-state index is 11.5. The minimum absolute atomic E-state index is 0.0645. The standard InChI is InChI=1S/C11H11NOS/c1-6(2)7-3-4-8-9(5-7)12-11(14)10(8)13/h3-6H,1-2H3,(H,12,13,14). The lowest BCUT2D eigenvalue weighted by Crippen LogP contribution is -2.09. The average Bonchev–Trinajstić information content (AvgIpc) is 2.42. The Hall–Kier alpha value is -1.22. The summed E-state index contributed by atoms with van der Waals surface area (Å²) in [4.78, 5) is 11.8. The lowest BCUT2D eigenvalue weighted by atomic mass is 10.0. The summed E-state index contributed by atoms with van der Waals surface area (Å²) in [7, 11) is 0. The Kier molecular flexibility index (Phi) is 2.11. The van der Waals surface area contributed by atoms with Crippen LogP contribution in [-0.2, 0) is 0 Å². The quantitative estimate of drug-likeness (QED) is 0.715. The summed E-state index contributed by atoms with van der Waals surface area (Å²) in [6.07, 6.45) is 0. The van der Waals surface area contributed by atoms with Gasteiger partial charge in [0.1, 0.15) is 0 Å². The lowest BCUT2D eigenvalue weighted by Gasteiger charge is -2.06. The third-order valence-electron chi connectivity index (χ3n) is 2.41. The van der Waals surface area contributed by atoms with Gasteiger partial charge in [-0.25, -0.2) is 0 Å². The van der Waals surface area contributed by atoms with Crippen LogP contribution < -0.4 is 5.32 Å². The van der Waals surface area contributed by atoms with E-state index in [0.29, 0.717) is 16.5 Å². The van der Waals surface area contributed by atoms with Crippen molar-refractivity contribution in [2.45, 2.75) is 19.8 Å². The zero-order chi connectivity index (χ0) is 10.3. The molecule has 0 amide bonds. The second-order valence-electron chi connectivity index (χ2n) is 3.74. The normalized spacial score (nSPS) is 14.5. The molecule has 0 unspecified atom stereocenters. The van der Waals surface area contributed by atoms with Crippen molar-refractivity contribution in [3.8, 4) is 0 Å². The Labute approximate surface area is 88.3 Å². The van der Waals surface area contributed by atoms with Crippen molar-refractivity contribution >= 4 is 28.7 Å². The summed E-state index contributed by atoms with van der Waals surface area (Å²) in [5.74, 6) is 0.400. The molecule has 0 fully saturated rings. The third kappa shape index (κ3) is 1.34. The number of ketones is 1. The van der Waals surface area contributed by atoms with Gasteiger partial charge in [-0.05, 0) is 23.6 Å². The van der Waals surface area contributed by atoms with Gasteiger partial charge in [-0.15, -0.1) is 0 Å². The SMILES string of the molecule is CC(C)c1ccc2c(c1)NC(=S)C2=O. The number of Topliss-reactive ketones (excluding diaryl/α,β-unsaturated/α-hetero) is 1. The van der Waals surface area contributed by atoms with Gasteiger partial charge in [0.25, 0.3) is 0 Å². The van der Waals surface area contributed by atoms with Crippen LogP contribution in [0.25, 0.3) is 0 Å². The highest BCUT2D eigenvalue weighted by Crippen LogP contribution is 2.27. The fourth-order valence-corrected chi connectivity index (χ4v) is 1.74. The molecule has 2 nitrogen and oxygen atoms in total. The highest BCUT2D eigenvalue weighted by atomic mass is 32.1. The minimum Gasteiger partial charge on any atom is -0.343 e. The number of benzene rings is 1. The molecule has 1 N–H and O–H groups in total. The second kappa shape index (κ2) is 3.17. The molecule has 0 saturated carbocycles. The Balaban J connectivity index is 2.49. The number of thiocarbonyl (C=S) groups is 1. The fraction of sp³-hybridized carbons (Fsp3) is 0.273. The van der Waals surface area contributed by atoms with Gasteiger partial charge in [-0.2, -0.15) is 0 Å². The zero-order valence-electron chi connectivity index (χ0n) is 8.13. The lowest BCUT2D eigenvalue weighted by molar-refractivity contribution is 0.107. The first-order chi connectivity index (χ1) is 6.59. The molecule has 1 aromatic rings. The molecule has 3 heteroatoms. The van der Waals surface area contributed by atoms with E-state index in [-0.39, 0.29) is 5.78 Å². The van der Waals surface area contributed by atoms with E-state index in [0.717, 1.165) is 5.69 Å². The van der Waals surface area contributed by atoms with Crippen LogP contribution in [0.5, 0.6) is 0 Å². The summed E-state index contributed by atoms with van der Waals surface area (Å²) < 4.78 is 0. The van der Waals surface area contributed by atoms with Crippen molar-refractivity contribution in [1.29, 1.82) is 0 Å².